The first-order chi connectivity index (χ1) is 17.2. The van der Waals surface area contributed by atoms with Gasteiger partial charge in [-0.25, -0.2) is 0 Å². The van der Waals surface area contributed by atoms with Gasteiger partial charge in [-0.05, 0) is 0 Å². The van der Waals surface area contributed by atoms with Crippen LogP contribution in [-0.2, 0) is 0 Å². The van der Waals surface area contributed by atoms with Crippen LogP contribution < -0.4 is 4.90 Å². The average Bonchev–Trinajstić information content (AvgIpc) is 3.45. The van der Waals surface area contributed by atoms with Crippen molar-refractivity contribution in [2.45, 2.75) is 9.79 Å². The van der Waals surface area contributed by atoms with Crippen LogP contribution in [0.1, 0.15) is 24.3 Å². The molecule has 0 radical (unpaired) electrons. The number of rotatable bonds is 2. The molecule has 0 atom stereocenters. The molecule has 0 saturated heterocycles. The van der Waals surface area contributed by atoms with Gasteiger partial charge < -0.3 is 0 Å². The summed E-state index contributed by atoms with van der Waals surface area (Å²) in [5.41, 5.74) is 3.71. The molecule has 0 amide bonds. The molecule has 7 rings (SSSR count). The molecule has 1 aromatic heterocycles. The van der Waals surface area contributed by atoms with Crippen LogP contribution in [-0.4, -0.2) is 32.0 Å². The Labute approximate surface area is 216 Å². The molecular weight excluding hydrogens is 566 g/mol. The molecule has 2 heterocycles. The zero-order valence-electron chi connectivity index (χ0n) is 18.4. The van der Waals surface area contributed by atoms with Crippen LogP contribution in [0.2, 0.25) is 0 Å². The van der Waals surface area contributed by atoms with Crippen molar-refractivity contribution in [2.75, 3.05) is 4.90 Å². The molecule has 166 valence electrons. The van der Waals surface area contributed by atoms with Gasteiger partial charge in [0.2, 0.25) is 0 Å². The van der Waals surface area contributed by atoms with Crippen molar-refractivity contribution < 1.29 is 9.59 Å². The minimum atomic E-state index is -0.801. The fraction of sp³-hybridized carbons (Fsp3) is 0. The summed E-state index contributed by atoms with van der Waals surface area (Å²) in [4.78, 5) is 31.4. The van der Waals surface area contributed by atoms with Crippen molar-refractivity contribution in [3.8, 4) is 0 Å². The van der Waals surface area contributed by atoms with E-state index < -0.39 is 20.4 Å². The Morgan fingerprint density at radius 3 is 2.14 bits per heavy atom. The van der Waals surface area contributed by atoms with Crippen molar-refractivity contribution in [1.82, 2.24) is 0 Å². The first kappa shape index (κ1) is 21.0. The third-order valence-electron chi connectivity index (χ3n) is 6.44. The monoisotopic (exact) mass is 585 g/mol. The van der Waals surface area contributed by atoms with E-state index in [0.717, 1.165) is 14.4 Å². The summed E-state index contributed by atoms with van der Waals surface area (Å²) in [7, 11) is 0. The van der Waals surface area contributed by atoms with E-state index in [9.17, 15) is 9.59 Å². The van der Waals surface area contributed by atoms with Gasteiger partial charge in [-0.2, -0.15) is 0 Å². The Bertz CT molecular complexity index is 1690. The van der Waals surface area contributed by atoms with Crippen molar-refractivity contribution >= 4 is 75.7 Å². The van der Waals surface area contributed by atoms with Gasteiger partial charge in [0, 0.05) is 0 Å². The number of benzene rings is 4. The summed E-state index contributed by atoms with van der Waals surface area (Å²) in [5, 5.41) is 1.83. The Morgan fingerprint density at radius 1 is 0.686 bits per heavy atom. The van der Waals surface area contributed by atoms with Gasteiger partial charge in [0.15, 0.2) is 0 Å². The fourth-order valence-corrected chi connectivity index (χ4v) is 8.69. The predicted molar refractivity (Wildman–Crippen MR) is 143 cm³/mol. The van der Waals surface area contributed by atoms with Gasteiger partial charge in [0.1, 0.15) is 0 Å². The third kappa shape index (κ3) is 3.27. The number of nitrogens with zero attached hydrogens (tertiary/aromatic N) is 1. The second kappa shape index (κ2) is 8.10. The molecule has 1 aliphatic carbocycles. The number of carbonyl (C=O) groups excluding carboxylic acids is 2. The predicted octanol–water partition coefficient (Wildman–Crippen LogP) is 7.29. The molecule has 0 unspecified atom stereocenters. The first-order valence-corrected chi connectivity index (χ1v) is 14.4. The number of para-hydroxylation sites is 2. The summed E-state index contributed by atoms with van der Waals surface area (Å²) in [6, 6.07) is 32.7. The molecule has 3 nitrogen and oxygen atoms in total. The molecule has 5 aromatic rings. The van der Waals surface area contributed by atoms with Crippen molar-refractivity contribution in [1.29, 1.82) is 0 Å². The number of hydrogen-bond acceptors (Lipinski definition) is 4. The molecule has 1 aliphatic heterocycles. The number of hydrogen-bond donors (Lipinski definition) is 0. The van der Waals surface area contributed by atoms with E-state index in [-0.39, 0.29) is 17.1 Å². The second-order valence-corrected chi connectivity index (χ2v) is 12.7. The number of anilines is 3. The van der Waals surface area contributed by atoms with Crippen molar-refractivity contribution in [2.24, 2.45) is 0 Å². The van der Waals surface area contributed by atoms with Crippen molar-refractivity contribution in [3.05, 3.63) is 117 Å². The van der Waals surface area contributed by atoms with Gasteiger partial charge in [0.25, 0.3) is 0 Å². The van der Waals surface area contributed by atoms with Crippen LogP contribution in [0.25, 0.3) is 16.8 Å². The van der Waals surface area contributed by atoms with Gasteiger partial charge in [-0.1, -0.05) is 0 Å². The van der Waals surface area contributed by atoms with E-state index in [1.165, 1.54) is 24.9 Å². The Morgan fingerprint density at radius 2 is 1.37 bits per heavy atom. The Kier molecular flexibility index (Phi) is 4.85. The van der Waals surface area contributed by atoms with E-state index >= 15 is 0 Å². The van der Waals surface area contributed by atoms with E-state index in [0.29, 0.717) is 11.1 Å². The summed E-state index contributed by atoms with van der Waals surface area (Å²) < 4.78 is 2.34. The number of ketones is 2. The zero-order valence-corrected chi connectivity index (χ0v) is 21.5. The molecule has 0 saturated carbocycles. The van der Waals surface area contributed by atoms with Gasteiger partial charge in [-0.15, -0.1) is 0 Å². The molecule has 0 bridgehead atoms. The average molecular weight is 583 g/mol. The van der Waals surface area contributed by atoms with Gasteiger partial charge in [0.05, 0.1) is 0 Å². The zero-order chi connectivity index (χ0) is 23.5. The van der Waals surface area contributed by atoms with E-state index in [4.69, 9.17) is 0 Å². The van der Waals surface area contributed by atoms with Crippen LogP contribution in [0.15, 0.2) is 112 Å². The number of allylic oxidation sites excluding steroid dienone is 1. The molecule has 0 spiro atoms. The number of fused-ring (bicyclic) bond motifs is 5. The maximum atomic E-state index is 13.4. The first-order valence-electron chi connectivity index (χ1n) is 11.3. The standard InChI is InChI=1S/C30H17NO2STe/c32-29-21-15-13-18-7-1-2-8-20(18)28(21)30(33)22(29)17-19-14-16-27(35-19)31-23-9-3-5-11-25(23)34-26-12-6-4-10-24(26)31/h1-17H/b22-17+. The number of Topliss-reactive ketones (excluding diaryl/α,β-unsaturated/α-hetero) is 2. The minimum absolute atomic E-state index is 0.159. The third-order valence-corrected chi connectivity index (χ3v) is 10.5. The molecule has 2 aliphatic rings. The summed E-state index contributed by atoms with van der Waals surface area (Å²) in [5.74, 6) is -0.323. The van der Waals surface area contributed by atoms with E-state index in [1.54, 1.807) is 17.8 Å². The molecular formula is C30H17NO2STe. The van der Waals surface area contributed by atoms with E-state index in [2.05, 4.69) is 65.6 Å². The quantitative estimate of drug-likeness (QED) is 0.122. The van der Waals surface area contributed by atoms with Crippen LogP contribution in [0.5, 0.6) is 0 Å². The fourth-order valence-electron chi connectivity index (χ4n) is 4.84. The molecule has 0 fully saturated rings. The SMILES string of the molecule is O=C1/C(=C\c2ccc(N3c4ccccc4Sc4ccccc43)[te]2)C(=O)c2c1ccc1ccccc21. The van der Waals surface area contributed by atoms with Gasteiger partial charge in [-0.3, -0.25) is 0 Å². The topological polar surface area (TPSA) is 37.4 Å². The molecule has 5 heteroatoms. The molecule has 4 aromatic carbocycles. The molecule has 0 N–H and O–H groups in total. The van der Waals surface area contributed by atoms with Crippen LogP contribution in [0.4, 0.5) is 15.1 Å². The van der Waals surface area contributed by atoms with E-state index in [1.807, 2.05) is 36.4 Å². The van der Waals surface area contributed by atoms with Crippen LogP contribution >= 0.6 is 11.8 Å². The maximum absolute atomic E-state index is 13.4. The summed E-state index contributed by atoms with van der Waals surface area (Å²) >= 11 is 0.993. The summed E-state index contributed by atoms with van der Waals surface area (Å²) in [6.07, 6.45) is 1.85. The molecule has 35 heavy (non-hydrogen) atoms. The van der Waals surface area contributed by atoms with Crippen LogP contribution in [0.3, 0.4) is 0 Å². The Balaban J connectivity index is 1.31. The second-order valence-electron chi connectivity index (χ2n) is 8.47. The number of carbonyl (C=O) groups is 2. The Hall–Kier alpha value is -3.36. The van der Waals surface area contributed by atoms with Crippen LogP contribution in [0, 0.1) is 0 Å². The van der Waals surface area contributed by atoms with Crippen molar-refractivity contribution in [3.63, 3.8) is 0 Å². The normalized spacial score (nSPS) is 15.4. The summed E-state index contributed by atoms with van der Waals surface area (Å²) in [6.45, 7) is 0. The van der Waals surface area contributed by atoms with Gasteiger partial charge >= 0.3 is 217 Å².